The van der Waals surface area contributed by atoms with Crippen molar-refractivity contribution >= 4 is 5.97 Å². The van der Waals surface area contributed by atoms with Crippen LogP contribution in [0.3, 0.4) is 0 Å². The van der Waals surface area contributed by atoms with E-state index in [1.807, 2.05) is 0 Å². The standard InChI is InChI=1S/C54H88O22/c1-23-32(57)36(61)41(66)45(70-23)75-43-39(64)35(60)28(22-69-44-40(65)37(62)33(58)26(20-55)71-44)73-47(43)76-48(68)54-17-15-49(2,3)19-25(54)24-9-10-30-51(6)13-12-31(74-46-42(67)38(63)34(59)27(21-56)72-46)50(4,5)29(51)11-14-53(30,8)52(24,7)16-18-54/h9,23,25-47,55-67H,10-22H2,1-8H3/t23-,25-,26+,27+,28+,29-,30+,31-,32-,33+,34+,35+,36+,37-,38-,39-,40+,41+,42+,43+,44+,45-,46-,47-,51-,52+,53+,54-/m0/s1. The number of ether oxygens (including phenoxy) is 8. The molecule has 0 aromatic carbocycles. The lowest BCUT2D eigenvalue weighted by molar-refractivity contribution is -0.366. The molecule has 0 spiro atoms. The number of rotatable bonds is 11. The fraction of sp³-hybridized carbons (Fsp3) is 0.944. The highest BCUT2D eigenvalue weighted by atomic mass is 16.8. The van der Waals surface area contributed by atoms with Gasteiger partial charge in [-0.3, -0.25) is 4.79 Å². The molecule has 22 heteroatoms. The molecule has 13 N–H and O–H groups in total. The first kappa shape index (κ1) is 59.0. The van der Waals surface area contributed by atoms with E-state index in [4.69, 9.17) is 37.9 Å². The highest BCUT2D eigenvalue weighted by molar-refractivity contribution is 5.79. The Morgan fingerprint density at radius 3 is 1.76 bits per heavy atom. The Morgan fingerprint density at radius 1 is 0.579 bits per heavy atom. The van der Waals surface area contributed by atoms with E-state index in [0.717, 1.165) is 25.7 Å². The molecule has 4 aliphatic heterocycles. The highest BCUT2D eigenvalue weighted by Gasteiger charge is 2.70. The van der Waals surface area contributed by atoms with Crippen LogP contribution in [-0.2, 0) is 42.7 Å². The van der Waals surface area contributed by atoms with Crippen LogP contribution in [0.2, 0.25) is 0 Å². The Kier molecular flexibility index (Phi) is 16.6. The van der Waals surface area contributed by atoms with Crippen molar-refractivity contribution in [3.8, 4) is 0 Å². The van der Waals surface area contributed by atoms with Crippen LogP contribution < -0.4 is 0 Å². The number of aliphatic hydroxyl groups excluding tert-OH is 13. The molecule has 436 valence electrons. The van der Waals surface area contributed by atoms with Crippen molar-refractivity contribution in [3.05, 3.63) is 11.6 Å². The summed E-state index contributed by atoms with van der Waals surface area (Å²) in [6.45, 7) is 15.5. The Labute approximate surface area is 444 Å². The number of aliphatic hydroxyl groups is 13. The third-order valence-electron chi connectivity index (χ3n) is 21.4. The van der Waals surface area contributed by atoms with Gasteiger partial charge in [-0.15, -0.1) is 0 Å². The number of hydrogen-bond donors (Lipinski definition) is 13. The minimum absolute atomic E-state index is 0.153. The van der Waals surface area contributed by atoms with Gasteiger partial charge < -0.3 is 104 Å². The Morgan fingerprint density at radius 2 is 1.13 bits per heavy atom. The molecule has 4 saturated heterocycles. The van der Waals surface area contributed by atoms with Gasteiger partial charge in [0.05, 0.1) is 37.4 Å². The van der Waals surface area contributed by atoms with Gasteiger partial charge in [-0.25, -0.2) is 0 Å². The van der Waals surface area contributed by atoms with Crippen LogP contribution in [0.1, 0.15) is 120 Å². The molecule has 28 atom stereocenters. The zero-order chi connectivity index (χ0) is 55.6. The van der Waals surface area contributed by atoms with Crippen molar-refractivity contribution in [1.82, 2.24) is 0 Å². The second-order valence-electron chi connectivity index (χ2n) is 26.3. The minimum atomic E-state index is -1.92. The fourth-order valence-electron chi connectivity index (χ4n) is 16.4. The maximum Gasteiger partial charge on any atom is 0.315 e. The summed E-state index contributed by atoms with van der Waals surface area (Å²) in [7, 11) is 0. The number of carbonyl (C=O) groups is 1. The number of esters is 1. The molecule has 8 fully saturated rings. The molecule has 0 unspecified atom stereocenters. The SMILES string of the molecule is C[C@@H]1O[C@@H](O[C@H]2[C@H](OC(=O)[C@]34CCC(C)(C)C[C@H]3C3=CC[C@@H]5[C@@]6(C)CC[C@H](O[C@@H]7O[C@H](CO)[C@@H](O)[C@H](O)[C@H]7O)C(C)(C)[C@@H]6CC[C@@]5(C)[C@]3(C)CC4)O[C@H](CO[C@@H]3O[C@H](CO)[C@@H](O)[C@H](O)[C@H]3O)[C@@H](O)[C@@H]2O)[C@H](O)[C@H](O)[C@H]1O. The van der Waals surface area contributed by atoms with E-state index in [-0.39, 0.29) is 45.5 Å². The molecule has 0 bridgehead atoms. The van der Waals surface area contributed by atoms with Crippen LogP contribution in [0.15, 0.2) is 11.6 Å². The quantitative estimate of drug-likeness (QED) is 0.0670. The number of carbonyl (C=O) groups excluding carboxylic acids is 1. The second-order valence-corrected chi connectivity index (χ2v) is 26.3. The largest absolute Gasteiger partial charge is 0.432 e. The molecule has 0 aromatic rings. The maximum absolute atomic E-state index is 15.6. The first-order valence-corrected chi connectivity index (χ1v) is 27.7. The Balaban J connectivity index is 0.985. The molecule has 9 rings (SSSR count). The summed E-state index contributed by atoms with van der Waals surface area (Å²) in [4.78, 5) is 15.6. The van der Waals surface area contributed by atoms with Gasteiger partial charge in [0, 0.05) is 0 Å². The molecule has 76 heavy (non-hydrogen) atoms. The van der Waals surface area contributed by atoms with E-state index < -0.39 is 159 Å². The lowest BCUT2D eigenvalue weighted by Crippen LogP contribution is -2.66. The Hall–Kier alpha value is -1.59. The van der Waals surface area contributed by atoms with Gasteiger partial charge >= 0.3 is 5.97 Å². The van der Waals surface area contributed by atoms with Crippen LogP contribution in [0, 0.1) is 50.2 Å². The van der Waals surface area contributed by atoms with Gasteiger partial charge in [-0.1, -0.05) is 60.1 Å². The predicted octanol–water partition coefficient (Wildman–Crippen LogP) is -1.01. The van der Waals surface area contributed by atoms with Gasteiger partial charge in [0.1, 0.15) is 85.5 Å². The van der Waals surface area contributed by atoms with Gasteiger partial charge in [-0.2, -0.15) is 0 Å². The van der Waals surface area contributed by atoms with Gasteiger partial charge in [0.15, 0.2) is 25.0 Å². The van der Waals surface area contributed by atoms with Crippen LogP contribution in [0.4, 0.5) is 0 Å². The summed E-state index contributed by atoms with van der Waals surface area (Å²) < 4.78 is 48.1. The van der Waals surface area contributed by atoms with Crippen molar-refractivity contribution in [2.75, 3.05) is 19.8 Å². The molecule has 4 saturated carbocycles. The number of allylic oxidation sites excluding steroid dienone is 2. The van der Waals surface area contributed by atoms with Crippen LogP contribution in [0.5, 0.6) is 0 Å². The summed E-state index contributed by atoms with van der Waals surface area (Å²) >= 11 is 0. The molecule has 0 radical (unpaired) electrons. The fourth-order valence-corrected chi connectivity index (χ4v) is 16.4. The second kappa shape index (κ2) is 21.3. The van der Waals surface area contributed by atoms with E-state index in [1.54, 1.807) is 0 Å². The topological polar surface area (TPSA) is 354 Å². The van der Waals surface area contributed by atoms with Crippen LogP contribution >= 0.6 is 0 Å². The molecule has 0 amide bonds. The summed E-state index contributed by atoms with van der Waals surface area (Å²) in [5.41, 5.74) is -1.17. The minimum Gasteiger partial charge on any atom is -0.432 e. The van der Waals surface area contributed by atoms with E-state index in [1.165, 1.54) is 12.5 Å². The van der Waals surface area contributed by atoms with Gasteiger partial charge in [-0.05, 0) is 116 Å². The highest BCUT2D eigenvalue weighted by Crippen LogP contribution is 2.76. The lowest BCUT2D eigenvalue weighted by atomic mass is 9.33. The maximum atomic E-state index is 15.6. The number of fused-ring (bicyclic) bond motifs is 7. The summed E-state index contributed by atoms with van der Waals surface area (Å²) in [5, 5.41) is 139. The van der Waals surface area contributed by atoms with Crippen molar-refractivity contribution < 1.29 is 109 Å². The molecule has 5 aliphatic carbocycles. The first-order valence-electron chi connectivity index (χ1n) is 27.7. The summed E-state index contributed by atoms with van der Waals surface area (Å²) in [5.74, 6) is -0.480. The predicted molar refractivity (Wildman–Crippen MR) is 261 cm³/mol. The summed E-state index contributed by atoms with van der Waals surface area (Å²) in [6, 6.07) is 0. The van der Waals surface area contributed by atoms with Crippen molar-refractivity contribution in [3.63, 3.8) is 0 Å². The van der Waals surface area contributed by atoms with E-state index in [2.05, 4.69) is 54.5 Å². The van der Waals surface area contributed by atoms with Gasteiger partial charge in [0.2, 0.25) is 6.29 Å². The zero-order valence-electron chi connectivity index (χ0n) is 45.1. The van der Waals surface area contributed by atoms with Crippen molar-refractivity contribution in [1.29, 1.82) is 0 Å². The van der Waals surface area contributed by atoms with Crippen molar-refractivity contribution in [2.45, 2.75) is 249 Å². The molecule has 9 aliphatic rings. The van der Waals surface area contributed by atoms with E-state index in [9.17, 15) is 66.4 Å². The molecule has 4 heterocycles. The molecule has 0 aromatic heterocycles. The zero-order valence-corrected chi connectivity index (χ0v) is 45.1. The van der Waals surface area contributed by atoms with Crippen LogP contribution in [-0.4, -0.2) is 221 Å². The first-order chi connectivity index (χ1) is 35.5. The monoisotopic (exact) mass is 1090 g/mol. The molecular weight excluding hydrogens is 1000 g/mol. The third-order valence-corrected chi connectivity index (χ3v) is 21.4. The molecule has 22 nitrogen and oxygen atoms in total. The van der Waals surface area contributed by atoms with E-state index >= 15 is 4.79 Å². The average Bonchev–Trinajstić information content (AvgIpc) is 3.55. The van der Waals surface area contributed by atoms with Crippen LogP contribution in [0.25, 0.3) is 0 Å². The Bertz CT molecular complexity index is 2090. The average molecular weight is 1090 g/mol. The lowest BCUT2D eigenvalue weighted by Gasteiger charge is -2.71. The summed E-state index contributed by atoms with van der Waals surface area (Å²) in [6.07, 6.45) is -22.8. The smallest absolute Gasteiger partial charge is 0.315 e. The van der Waals surface area contributed by atoms with E-state index in [0.29, 0.717) is 38.5 Å². The molecular formula is C54H88O22. The van der Waals surface area contributed by atoms with Gasteiger partial charge in [0.25, 0.3) is 0 Å². The normalized spacial score (nSPS) is 54.0. The number of hydrogen-bond acceptors (Lipinski definition) is 22. The third kappa shape index (κ3) is 9.57. The van der Waals surface area contributed by atoms with Crippen molar-refractivity contribution in [2.24, 2.45) is 50.2 Å².